The van der Waals surface area contributed by atoms with Crippen molar-refractivity contribution < 1.29 is 22.7 Å². The Hall–Kier alpha value is -3.89. The van der Waals surface area contributed by atoms with E-state index in [0.29, 0.717) is 53.6 Å². The highest BCUT2D eigenvalue weighted by Gasteiger charge is 2.35. The van der Waals surface area contributed by atoms with E-state index >= 15 is 0 Å². The number of carbonyl (C=O) groups is 1. The maximum Gasteiger partial charge on any atom is 0.264 e. The summed E-state index contributed by atoms with van der Waals surface area (Å²) in [6, 6.07) is 17.9. The molecule has 2 aromatic heterocycles. The lowest BCUT2D eigenvalue weighted by Crippen LogP contribution is -2.47. The molecule has 2 N–H and O–H groups in total. The van der Waals surface area contributed by atoms with Crippen molar-refractivity contribution in [2.75, 3.05) is 17.8 Å². The minimum Gasteiger partial charge on any atom is -0.389 e. The van der Waals surface area contributed by atoms with Gasteiger partial charge in [-0.05, 0) is 55.3 Å². The number of benzene rings is 2. The molecular formula is C27H25FN4O4S. The van der Waals surface area contributed by atoms with E-state index in [0.717, 1.165) is 0 Å². The van der Waals surface area contributed by atoms with Crippen LogP contribution < -0.4 is 4.72 Å². The Balaban J connectivity index is 1.24. The highest BCUT2D eigenvalue weighted by Crippen LogP contribution is 2.28. The van der Waals surface area contributed by atoms with Crippen molar-refractivity contribution in [1.82, 2.24) is 14.9 Å². The molecule has 5 rings (SSSR count). The molecule has 0 unspecified atom stereocenters. The summed E-state index contributed by atoms with van der Waals surface area (Å²) in [6.45, 7) is 0.638. The van der Waals surface area contributed by atoms with E-state index in [1.54, 1.807) is 59.6 Å². The van der Waals surface area contributed by atoms with Crippen LogP contribution in [-0.2, 0) is 16.4 Å². The second kappa shape index (κ2) is 9.87. The van der Waals surface area contributed by atoms with Crippen LogP contribution >= 0.6 is 0 Å². The lowest BCUT2D eigenvalue weighted by molar-refractivity contribution is -0.0169. The first-order valence-corrected chi connectivity index (χ1v) is 13.3. The minimum atomic E-state index is -3.90. The van der Waals surface area contributed by atoms with E-state index < -0.39 is 21.6 Å². The molecule has 1 aliphatic heterocycles. The number of sulfonamides is 1. The van der Waals surface area contributed by atoms with Crippen LogP contribution in [0.2, 0.25) is 0 Å². The molecule has 190 valence electrons. The molecule has 1 amide bonds. The Labute approximate surface area is 213 Å². The van der Waals surface area contributed by atoms with Gasteiger partial charge >= 0.3 is 0 Å². The van der Waals surface area contributed by atoms with Crippen molar-refractivity contribution in [2.24, 2.45) is 0 Å². The molecule has 1 fully saturated rings. The summed E-state index contributed by atoms with van der Waals surface area (Å²) in [5.41, 5.74) is 0.330. The van der Waals surface area contributed by atoms with Gasteiger partial charge in [-0.1, -0.05) is 24.3 Å². The quantitative estimate of drug-likeness (QED) is 0.374. The van der Waals surface area contributed by atoms with Crippen LogP contribution in [0.4, 0.5) is 10.1 Å². The standard InChI is InChI=1S/C27H25FN4O4S/c28-25-21(6-3-15-30-25)18-27(34)12-16-32(17-13-27)26(33)20-8-10-22(11-9-20)31-37(35,36)23-7-1-4-19-5-2-14-29-24(19)23/h1-11,14-15,31,34H,12-13,16-18H2. The molecular weight excluding hydrogens is 495 g/mol. The van der Waals surface area contributed by atoms with Gasteiger partial charge in [0.05, 0.1) is 11.1 Å². The number of likely N-dealkylation sites (tertiary alicyclic amines) is 1. The molecule has 37 heavy (non-hydrogen) atoms. The third-order valence-corrected chi connectivity index (χ3v) is 8.02. The summed E-state index contributed by atoms with van der Waals surface area (Å²) in [7, 11) is -3.90. The van der Waals surface area contributed by atoms with E-state index in [1.165, 1.54) is 24.4 Å². The van der Waals surface area contributed by atoms with Gasteiger partial charge in [0.1, 0.15) is 4.90 Å². The van der Waals surface area contributed by atoms with Gasteiger partial charge in [-0.3, -0.25) is 14.5 Å². The molecule has 0 saturated carbocycles. The number of amides is 1. The molecule has 1 aliphatic rings. The molecule has 10 heteroatoms. The van der Waals surface area contributed by atoms with E-state index in [2.05, 4.69) is 14.7 Å². The van der Waals surface area contributed by atoms with Crippen LogP contribution in [0.25, 0.3) is 10.9 Å². The highest BCUT2D eigenvalue weighted by molar-refractivity contribution is 7.93. The van der Waals surface area contributed by atoms with Crippen molar-refractivity contribution in [2.45, 2.75) is 29.8 Å². The predicted octanol–water partition coefficient (Wildman–Crippen LogP) is 3.78. The van der Waals surface area contributed by atoms with Crippen molar-refractivity contribution in [1.29, 1.82) is 0 Å². The molecule has 4 aromatic rings. The summed E-state index contributed by atoms with van der Waals surface area (Å²) >= 11 is 0. The van der Waals surface area contributed by atoms with Crippen LogP contribution in [0, 0.1) is 5.95 Å². The number of rotatable bonds is 6. The van der Waals surface area contributed by atoms with Crippen molar-refractivity contribution in [3.63, 3.8) is 0 Å². The summed E-state index contributed by atoms with van der Waals surface area (Å²) in [4.78, 5) is 22.6. The normalized spacial score (nSPS) is 15.5. The third-order valence-electron chi connectivity index (χ3n) is 6.61. The third kappa shape index (κ3) is 5.30. The Morgan fingerprint density at radius 2 is 1.65 bits per heavy atom. The SMILES string of the molecule is O=C(c1ccc(NS(=O)(=O)c2cccc3cccnc23)cc1)N1CCC(O)(Cc2cccnc2F)CC1. The van der Waals surface area contributed by atoms with Gasteiger partial charge in [-0.2, -0.15) is 4.39 Å². The van der Waals surface area contributed by atoms with Gasteiger partial charge < -0.3 is 10.0 Å². The maximum atomic E-state index is 13.9. The summed E-state index contributed by atoms with van der Waals surface area (Å²) in [5, 5.41) is 11.6. The van der Waals surface area contributed by atoms with Crippen LogP contribution in [0.1, 0.15) is 28.8 Å². The first kappa shape index (κ1) is 24.8. The van der Waals surface area contributed by atoms with E-state index in [1.807, 2.05) is 0 Å². The Kier molecular flexibility index (Phi) is 6.61. The van der Waals surface area contributed by atoms with E-state index in [-0.39, 0.29) is 17.2 Å². The van der Waals surface area contributed by atoms with Crippen molar-refractivity contribution >= 4 is 32.5 Å². The summed E-state index contributed by atoms with van der Waals surface area (Å²) in [6.07, 6.45) is 3.66. The lowest BCUT2D eigenvalue weighted by atomic mass is 9.85. The number of pyridine rings is 2. The van der Waals surface area contributed by atoms with Gasteiger partial charge in [-0.15, -0.1) is 0 Å². The number of para-hydroxylation sites is 1. The number of nitrogens with one attached hydrogen (secondary N) is 1. The molecule has 1 saturated heterocycles. The zero-order valence-corrected chi connectivity index (χ0v) is 20.7. The molecule has 2 aromatic carbocycles. The predicted molar refractivity (Wildman–Crippen MR) is 137 cm³/mol. The van der Waals surface area contributed by atoms with E-state index in [9.17, 15) is 22.7 Å². The number of hydrogen-bond acceptors (Lipinski definition) is 6. The number of nitrogens with zero attached hydrogens (tertiary/aromatic N) is 3. The summed E-state index contributed by atoms with van der Waals surface area (Å²) in [5.74, 6) is -0.816. The molecule has 0 radical (unpaired) electrons. The Bertz CT molecular complexity index is 1550. The average molecular weight is 521 g/mol. The first-order valence-electron chi connectivity index (χ1n) is 11.8. The van der Waals surface area contributed by atoms with Crippen LogP contribution in [0.3, 0.4) is 0 Å². The van der Waals surface area contributed by atoms with E-state index in [4.69, 9.17) is 0 Å². The Morgan fingerprint density at radius 3 is 2.38 bits per heavy atom. The van der Waals surface area contributed by atoms with Crippen LogP contribution in [0.5, 0.6) is 0 Å². The number of aliphatic hydroxyl groups is 1. The van der Waals surface area contributed by atoms with Gasteiger partial charge in [-0.25, -0.2) is 13.4 Å². The monoisotopic (exact) mass is 520 g/mol. The fourth-order valence-corrected chi connectivity index (χ4v) is 5.81. The zero-order valence-electron chi connectivity index (χ0n) is 19.8. The van der Waals surface area contributed by atoms with Gasteiger partial charge in [0.15, 0.2) is 0 Å². The number of aromatic nitrogens is 2. The minimum absolute atomic E-state index is 0.0673. The Morgan fingerprint density at radius 1 is 0.973 bits per heavy atom. The first-order chi connectivity index (χ1) is 17.7. The molecule has 0 atom stereocenters. The van der Waals surface area contributed by atoms with Crippen LogP contribution in [-0.4, -0.2) is 53.0 Å². The second-order valence-electron chi connectivity index (χ2n) is 9.16. The number of hydrogen-bond donors (Lipinski definition) is 2. The average Bonchev–Trinajstić information content (AvgIpc) is 2.90. The van der Waals surface area contributed by atoms with Gasteiger partial charge in [0.25, 0.3) is 15.9 Å². The maximum absolute atomic E-state index is 13.9. The summed E-state index contributed by atoms with van der Waals surface area (Å²) < 4.78 is 42.5. The molecule has 8 nitrogen and oxygen atoms in total. The molecule has 0 spiro atoms. The second-order valence-corrected chi connectivity index (χ2v) is 10.8. The number of carbonyl (C=O) groups excluding carboxylic acids is 1. The number of fused-ring (bicyclic) bond motifs is 1. The highest BCUT2D eigenvalue weighted by atomic mass is 32.2. The van der Waals surface area contributed by atoms with Gasteiger partial charge in [0.2, 0.25) is 5.95 Å². The molecule has 0 aliphatic carbocycles. The molecule has 3 heterocycles. The van der Waals surface area contributed by atoms with Crippen molar-refractivity contribution in [3.05, 3.63) is 96.2 Å². The zero-order chi connectivity index (χ0) is 26.0. The van der Waals surface area contributed by atoms with Gasteiger partial charge in [0, 0.05) is 54.1 Å². The fourth-order valence-electron chi connectivity index (χ4n) is 4.58. The molecule has 0 bridgehead atoms. The topological polar surface area (TPSA) is 112 Å². The number of piperidine rings is 1. The van der Waals surface area contributed by atoms with Crippen molar-refractivity contribution in [3.8, 4) is 0 Å². The number of anilines is 1. The largest absolute Gasteiger partial charge is 0.389 e. The smallest absolute Gasteiger partial charge is 0.264 e. The van der Waals surface area contributed by atoms with Crippen LogP contribution in [0.15, 0.2) is 84.0 Å². The fraction of sp³-hybridized carbons (Fsp3) is 0.222. The lowest BCUT2D eigenvalue weighted by Gasteiger charge is -2.38. The number of halogens is 1.